The number of esters is 1. The molecule has 0 radical (unpaired) electrons. The van der Waals surface area contributed by atoms with Crippen LogP contribution in [0.25, 0.3) is 0 Å². The Hall–Kier alpha value is -0.650. The first-order valence-electron chi connectivity index (χ1n) is 7.72. The second kappa shape index (κ2) is 10.1. The van der Waals surface area contributed by atoms with Gasteiger partial charge in [-0.1, -0.05) is 19.3 Å². The number of carbonyl (C=O) groups excluding carboxylic acids is 1. The summed E-state index contributed by atoms with van der Waals surface area (Å²) in [6.45, 7) is 3.01. The molecule has 0 aromatic rings. The normalized spacial score (nSPS) is 23.6. The van der Waals surface area contributed by atoms with E-state index in [9.17, 15) is 4.79 Å². The Morgan fingerprint density at radius 2 is 1.95 bits per heavy atom. The second-order valence-corrected chi connectivity index (χ2v) is 5.56. The Labute approximate surface area is 122 Å². The summed E-state index contributed by atoms with van der Waals surface area (Å²) in [5, 5.41) is 0. The number of nitrogens with zero attached hydrogens (tertiary/aromatic N) is 1. The molecule has 20 heavy (non-hydrogen) atoms. The van der Waals surface area contributed by atoms with Gasteiger partial charge in [-0.05, 0) is 25.3 Å². The van der Waals surface area contributed by atoms with E-state index in [1.807, 2.05) is 0 Å². The maximum Gasteiger partial charge on any atom is 0.306 e. The fourth-order valence-corrected chi connectivity index (χ4v) is 3.11. The highest BCUT2D eigenvalue weighted by molar-refractivity contribution is 5.69. The highest BCUT2D eigenvalue weighted by Crippen LogP contribution is 2.27. The summed E-state index contributed by atoms with van der Waals surface area (Å²) in [6, 6.07) is 0.474. The van der Waals surface area contributed by atoms with Crippen molar-refractivity contribution in [3.8, 4) is 0 Å². The first-order valence-corrected chi connectivity index (χ1v) is 7.72. The number of carbonyl (C=O) groups is 1. The quantitative estimate of drug-likeness (QED) is 0.540. The topological polar surface area (TPSA) is 64.8 Å². The third-order valence-electron chi connectivity index (χ3n) is 4.30. The van der Waals surface area contributed by atoms with Gasteiger partial charge in [0, 0.05) is 26.2 Å². The largest absolute Gasteiger partial charge is 0.469 e. The summed E-state index contributed by atoms with van der Waals surface area (Å²) in [6.07, 6.45) is 6.63. The predicted octanol–water partition coefficient (Wildman–Crippen LogP) is 1.41. The van der Waals surface area contributed by atoms with Gasteiger partial charge in [0.15, 0.2) is 0 Å². The van der Waals surface area contributed by atoms with E-state index in [2.05, 4.69) is 4.90 Å². The number of methoxy groups -OCH3 is 2. The van der Waals surface area contributed by atoms with E-state index in [1.165, 1.54) is 39.2 Å². The minimum absolute atomic E-state index is 0.148. The van der Waals surface area contributed by atoms with Crippen LogP contribution in [0.1, 0.15) is 38.5 Å². The van der Waals surface area contributed by atoms with Crippen LogP contribution in [0.3, 0.4) is 0 Å². The monoisotopic (exact) mass is 286 g/mol. The highest BCUT2D eigenvalue weighted by Gasteiger charge is 2.28. The third-order valence-corrected chi connectivity index (χ3v) is 4.30. The molecule has 5 nitrogen and oxygen atoms in total. The van der Waals surface area contributed by atoms with Gasteiger partial charge >= 0.3 is 5.97 Å². The molecular weight excluding hydrogens is 256 g/mol. The third kappa shape index (κ3) is 5.77. The smallest absolute Gasteiger partial charge is 0.306 e. The maximum absolute atomic E-state index is 11.4. The molecule has 1 fully saturated rings. The average Bonchev–Trinajstić information content (AvgIpc) is 2.72. The first kappa shape index (κ1) is 17.4. The van der Waals surface area contributed by atoms with E-state index in [4.69, 9.17) is 15.2 Å². The number of rotatable bonds is 8. The van der Waals surface area contributed by atoms with Gasteiger partial charge in [-0.15, -0.1) is 0 Å². The standard InChI is InChI=1S/C15H30N2O3/c1-19-11-10-17(9-8-15(18)20-2)14-7-5-3-4-6-13(14)12-16/h13-14H,3-12,16H2,1-2H3. The zero-order valence-corrected chi connectivity index (χ0v) is 13.0. The Morgan fingerprint density at radius 3 is 2.60 bits per heavy atom. The summed E-state index contributed by atoms with van der Waals surface area (Å²) in [7, 11) is 3.15. The molecule has 2 N–H and O–H groups in total. The lowest BCUT2D eigenvalue weighted by Crippen LogP contribution is -2.45. The Kier molecular flexibility index (Phi) is 8.82. The summed E-state index contributed by atoms with van der Waals surface area (Å²) in [5.74, 6) is 0.386. The Balaban J connectivity index is 2.64. The molecule has 0 aromatic heterocycles. The molecule has 0 saturated heterocycles. The first-order chi connectivity index (χ1) is 9.72. The van der Waals surface area contributed by atoms with Crippen molar-refractivity contribution in [3.63, 3.8) is 0 Å². The molecule has 2 atom stereocenters. The van der Waals surface area contributed by atoms with Gasteiger partial charge in [-0.2, -0.15) is 0 Å². The molecule has 0 aliphatic heterocycles. The van der Waals surface area contributed by atoms with Gasteiger partial charge in [0.1, 0.15) is 0 Å². The van der Waals surface area contributed by atoms with Gasteiger partial charge in [-0.3, -0.25) is 9.69 Å². The fourth-order valence-electron chi connectivity index (χ4n) is 3.11. The summed E-state index contributed by atoms with van der Waals surface area (Å²) < 4.78 is 9.96. The van der Waals surface area contributed by atoms with Crippen LogP contribution in [0.15, 0.2) is 0 Å². The summed E-state index contributed by atoms with van der Waals surface area (Å²) >= 11 is 0. The van der Waals surface area contributed by atoms with Crippen molar-refractivity contribution in [2.45, 2.75) is 44.6 Å². The maximum atomic E-state index is 11.4. The van der Waals surface area contributed by atoms with Crippen molar-refractivity contribution in [3.05, 3.63) is 0 Å². The minimum atomic E-state index is -0.148. The summed E-state index contributed by atoms with van der Waals surface area (Å²) in [4.78, 5) is 13.8. The number of ether oxygens (including phenoxy) is 2. The highest BCUT2D eigenvalue weighted by atomic mass is 16.5. The molecule has 0 bridgehead atoms. The van der Waals surface area contributed by atoms with Crippen molar-refractivity contribution in [2.75, 3.05) is 40.5 Å². The van der Waals surface area contributed by atoms with E-state index in [0.717, 1.165) is 19.6 Å². The van der Waals surface area contributed by atoms with Crippen molar-refractivity contribution >= 4 is 5.97 Å². The zero-order valence-electron chi connectivity index (χ0n) is 13.0. The van der Waals surface area contributed by atoms with Crippen LogP contribution in [-0.4, -0.2) is 57.4 Å². The van der Waals surface area contributed by atoms with Gasteiger partial charge in [0.2, 0.25) is 0 Å². The molecular formula is C15H30N2O3. The van der Waals surface area contributed by atoms with Gasteiger partial charge < -0.3 is 15.2 Å². The molecule has 1 rings (SSSR count). The van der Waals surface area contributed by atoms with Crippen LogP contribution in [-0.2, 0) is 14.3 Å². The van der Waals surface area contributed by atoms with Crippen molar-refractivity contribution in [1.82, 2.24) is 4.90 Å². The lowest BCUT2D eigenvalue weighted by molar-refractivity contribution is -0.141. The lowest BCUT2D eigenvalue weighted by atomic mass is 9.93. The molecule has 2 unspecified atom stereocenters. The Morgan fingerprint density at radius 1 is 1.20 bits per heavy atom. The Bertz CT molecular complexity index is 274. The number of nitrogens with two attached hydrogens (primary N) is 1. The SMILES string of the molecule is COCCN(CCC(=O)OC)C1CCCCCC1CN. The zero-order chi connectivity index (χ0) is 14.8. The summed E-state index contributed by atoms with van der Waals surface area (Å²) in [5.41, 5.74) is 5.96. The average molecular weight is 286 g/mol. The van der Waals surface area contributed by atoms with Gasteiger partial charge in [0.25, 0.3) is 0 Å². The number of hydrogen-bond donors (Lipinski definition) is 1. The molecule has 1 aliphatic rings. The molecule has 0 heterocycles. The molecule has 118 valence electrons. The van der Waals surface area contributed by atoms with E-state index >= 15 is 0 Å². The van der Waals surface area contributed by atoms with Crippen LogP contribution >= 0.6 is 0 Å². The lowest BCUT2D eigenvalue weighted by Gasteiger charge is -2.35. The van der Waals surface area contributed by atoms with E-state index in [-0.39, 0.29) is 5.97 Å². The van der Waals surface area contributed by atoms with Gasteiger partial charge in [0.05, 0.1) is 20.1 Å². The van der Waals surface area contributed by atoms with E-state index < -0.39 is 0 Å². The van der Waals surface area contributed by atoms with Gasteiger partial charge in [-0.25, -0.2) is 0 Å². The van der Waals surface area contributed by atoms with Crippen molar-refractivity contribution in [1.29, 1.82) is 0 Å². The second-order valence-electron chi connectivity index (χ2n) is 5.56. The van der Waals surface area contributed by atoms with Crippen molar-refractivity contribution < 1.29 is 14.3 Å². The molecule has 5 heteroatoms. The fraction of sp³-hybridized carbons (Fsp3) is 0.933. The molecule has 1 saturated carbocycles. The van der Waals surface area contributed by atoms with Crippen LogP contribution in [0.4, 0.5) is 0 Å². The van der Waals surface area contributed by atoms with Crippen LogP contribution in [0.2, 0.25) is 0 Å². The van der Waals surface area contributed by atoms with Crippen molar-refractivity contribution in [2.24, 2.45) is 11.7 Å². The molecule has 0 aromatic carbocycles. The van der Waals surface area contributed by atoms with Crippen LogP contribution < -0.4 is 5.73 Å². The minimum Gasteiger partial charge on any atom is -0.469 e. The predicted molar refractivity (Wildman–Crippen MR) is 79.5 cm³/mol. The van der Waals surface area contributed by atoms with E-state index in [0.29, 0.717) is 25.0 Å². The molecule has 1 aliphatic carbocycles. The van der Waals surface area contributed by atoms with E-state index in [1.54, 1.807) is 7.11 Å². The number of hydrogen-bond acceptors (Lipinski definition) is 5. The van der Waals surface area contributed by atoms with Crippen LogP contribution in [0, 0.1) is 5.92 Å². The molecule has 0 amide bonds. The van der Waals surface area contributed by atoms with Crippen LogP contribution in [0.5, 0.6) is 0 Å². The molecule has 0 spiro atoms.